The van der Waals surface area contributed by atoms with E-state index in [0.29, 0.717) is 0 Å². The predicted molar refractivity (Wildman–Crippen MR) is 64.2 cm³/mol. The standard InChI is InChI=1S/C8H18N2O4.2ClH/c1-9-3-5(11)4(10-2)7(13)8(14)6(3)12;;/h3-14H,1-2H3;2*1H/t3-,4+,5?,6+,7-,8?;;. The van der Waals surface area contributed by atoms with Crippen LogP contribution in [0, 0.1) is 0 Å². The van der Waals surface area contributed by atoms with E-state index in [-0.39, 0.29) is 24.8 Å². The lowest BCUT2D eigenvalue weighted by atomic mass is 9.81. The molecular weight excluding hydrogens is 259 g/mol. The normalized spacial score (nSPS) is 43.1. The lowest BCUT2D eigenvalue weighted by molar-refractivity contribution is -0.148. The van der Waals surface area contributed by atoms with Gasteiger partial charge in [0.15, 0.2) is 0 Å². The molecule has 0 aromatic rings. The summed E-state index contributed by atoms with van der Waals surface area (Å²) in [6, 6.07) is -1.29. The van der Waals surface area contributed by atoms with Crippen LogP contribution in [0.2, 0.25) is 0 Å². The van der Waals surface area contributed by atoms with Crippen LogP contribution < -0.4 is 10.6 Å². The van der Waals surface area contributed by atoms with E-state index in [1.165, 1.54) is 0 Å². The summed E-state index contributed by atoms with van der Waals surface area (Å²) >= 11 is 0. The van der Waals surface area contributed by atoms with Gasteiger partial charge in [0.1, 0.15) is 18.3 Å². The SMILES string of the molecule is CN[C@@H]1C(O)[C@H](NC)[C@@H](O)C(O)[C@H]1O.Cl.Cl. The second-order valence-electron chi connectivity index (χ2n) is 3.59. The molecule has 2 unspecified atom stereocenters. The number of nitrogens with one attached hydrogen (secondary N) is 2. The van der Waals surface area contributed by atoms with Crippen molar-refractivity contribution >= 4 is 24.8 Å². The minimum Gasteiger partial charge on any atom is -0.390 e. The van der Waals surface area contributed by atoms with E-state index in [4.69, 9.17) is 0 Å². The van der Waals surface area contributed by atoms with Crippen molar-refractivity contribution in [1.82, 2.24) is 10.6 Å². The number of aliphatic hydroxyl groups excluding tert-OH is 4. The average molecular weight is 279 g/mol. The molecular formula is C8H20Cl2N2O4. The lowest BCUT2D eigenvalue weighted by Gasteiger charge is -2.43. The van der Waals surface area contributed by atoms with Crippen LogP contribution in [0.15, 0.2) is 0 Å². The van der Waals surface area contributed by atoms with Crippen molar-refractivity contribution in [2.45, 2.75) is 36.5 Å². The third-order valence-electron chi connectivity index (χ3n) is 2.84. The average Bonchev–Trinajstić information content (AvgIpc) is 2.16. The number of hydrogen-bond acceptors (Lipinski definition) is 6. The van der Waals surface area contributed by atoms with Crippen molar-refractivity contribution in [3.05, 3.63) is 0 Å². The van der Waals surface area contributed by atoms with E-state index in [1.807, 2.05) is 0 Å². The molecule has 8 heteroatoms. The Hall–Kier alpha value is 0.340. The molecule has 6 atom stereocenters. The Morgan fingerprint density at radius 1 is 0.625 bits per heavy atom. The molecule has 1 rings (SSSR count). The molecule has 0 amide bonds. The maximum atomic E-state index is 9.73. The highest BCUT2D eigenvalue weighted by Gasteiger charge is 2.47. The molecule has 1 fully saturated rings. The summed E-state index contributed by atoms with van der Waals surface area (Å²) in [5, 5.41) is 43.7. The fraction of sp³-hybridized carbons (Fsp3) is 1.00. The Balaban J connectivity index is 0. The van der Waals surface area contributed by atoms with Crippen molar-refractivity contribution in [3.63, 3.8) is 0 Å². The van der Waals surface area contributed by atoms with Crippen LogP contribution in [0.5, 0.6) is 0 Å². The van der Waals surface area contributed by atoms with Crippen molar-refractivity contribution in [2.75, 3.05) is 14.1 Å². The molecule has 0 heterocycles. The quantitative estimate of drug-likeness (QED) is 0.333. The highest BCUT2D eigenvalue weighted by Crippen LogP contribution is 2.20. The van der Waals surface area contributed by atoms with Gasteiger partial charge in [0.25, 0.3) is 0 Å². The Bertz CT molecular complexity index is 183. The van der Waals surface area contributed by atoms with Crippen LogP contribution >= 0.6 is 24.8 Å². The number of halogens is 2. The second kappa shape index (κ2) is 7.62. The Morgan fingerprint density at radius 3 is 1.19 bits per heavy atom. The van der Waals surface area contributed by atoms with Gasteiger partial charge in [-0.05, 0) is 14.1 Å². The van der Waals surface area contributed by atoms with E-state index >= 15 is 0 Å². The monoisotopic (exact) mass is 278 g/mol. The molecule has 0 saturated heterocycles. The number of hydrogen-bond donors (Lipinski definition) is 6. The summed E-state index contributed by atoms with van der Waals surface area (Å²) < 4.78 is 0. The molecule has 100 valence electrons. The molecule has 6 nitrogen and oxygen atoms in total. The molecule has 0 aromatic carbocycles. The van der Waals surface area contributed by atoms with E-state index in [2.05, 4.69) is 10.6 Å². The minimum atomic E-state index is -1.26. The van der Waals surface area contributed by atoms with Gasteiger partial charge in [-0.2, -0.15) is 0 Å². The zero-order valence-corrected chi connectivity index (χ0v) is 10.7. The summed E-state index contributed by atoms with van der Waals surface area (Å²) in [5.41, 5.74) is 0. The maximum Gasteiger partial charge on any atom is 0.109 e. The van der Waals surface area contributed by atoms with Crippen LogP contribution in [-0.4, -0.2) is 71.0 Å². The van der Waals surface area contributed by atoms with E-state index in [9.17, 15) is 20.4 Å². The maximum absolute atomic E-state index is 9.73. The first-order chi connectivity index (χ1) is 6.54. The molecule has 1 aliphatic rings. The van der Waals surface area contributed by atoms with Crippen LogP contribution in [0.1, 0.15) is 0 Å². The van der Waals surface area contributed by atoms with Crippen molar-refractivity contribution < 1.29 is 20.4 Å². The van der Waals surface area contributed by atoms with Crippen molar-refractivity contribution in [3.8, 4) is 0 Å². The summed E-state index contributed by atoms with van der Waals surface area (Å²) in [7, 11) is 3.16. The summed E-state index contributed by atoms with van der Waals surface area (Å²) in [4.78, 5) is 0. The second-order valence-corrected chi connectivity index (χ2v) is 3.59. The highest BCUT2D eigenvalue weighted by atomic mass is 35.5. The Morgan fingerprint density at radius 2 is 0.938 bits per heavy atom. The molecule has 1 aliphatic carbocycles. The fourth-order valence-corrected chi connectivity index (χ4v) is 1.94. The van der Waals surface area contributed by atoms with Crippen molar-refractivity contribution in [2.24, 2.45) is 0 Å². The number of likely N-dealkylation sites (N-methyl/N-ethyl adjacent to an activating group) is 2. The van der Waals surface area contributed by atoms with Gasteiger partial charge in [-0.25, -0.2) is 0 Å². The zero-order valence-electron chi connectivity index (χ0n) is 9.07. The molecule has 1 saturated carbocycles. The van der Waals surface area contributed by atoms with Gasteiger partial charge in [0, 0.05) is 0 Å². The Kier molecular flexibility index (Phi) is 8.91. The zero-order chi connectivity index (χ0) is 10.9. The summed E-state index contributed by atoms with van der Waals surface area (Å²) in [6.45, 7) is 0. The first-order valence-corrected chi connectivity index (χ1v) is 4.61. The van der Waals surface area contributed by atoms with Gasteiger partial charge < -0.3 is 31.1 Å². The topological polar surface area (TPSA) is 105 Å². The molecule has 0 spiro atoms. The van der Waals surface area contributed by atoms with Crippen LogP contribution in [0.4, 0.5) is 0 Å². The number of rotatable bonds is 2. The minimum absolute atomic E-state index is 0. The van der Waals surface area contributed by atoms with E-state index in [1.54, 1.807) is 14.1 Å². The van der Waals surface area contributed by atoms with Crippen LogP contribution in [-0.2, 0) is 0 Å². The predicted octanol–water partition coefficient (Wildman–Crippen LogP) is -2.54. The largest absolute Gasteiger partial charge is 0.390 e. The summed E-state index contributed by atoms with van der Waals surface area (Å²) in [6.07, 6.45) is -4.55. The lowest BCUT2D eigenvalue weighted by Crippen LogP contribution is -2.70. The van der Waals surface area contributed by atoms with Gasteiger partial charge in [-0.1, -0.05) is 0 Å². The first kappa shape index (κ1) is 18.7. The smallest absolute Gasteiger partial charge is 0.109 e. The Labute approximate surface area is 107 Å². The van der Waals surface area contributed by atoms with E-state index < -0.39 is 36.5 Å². The van der Waals surface area contributed by atoms with Gasteiger partial charge >= 0.3 is 0 Å². The molecule has 0 bridgehead atoms. The van der Waals surface area contributed by atoms with Crippen LogP contribution in [0.25, 0.3) is 0 Å². The van der Waals surface area contributed by atoms with E-state index in [0.717, 1.165) is 0 Å². The first-order valence-electron chi connectivity index (χ1n) is 4.61. The number of aliphatic hydroxyl groups is 4. The van der Waals surface area contributed by atoms with Crippen LogP contribution in [0.3, 0.4) is 0 Å². The third-order valence-corrected chi connectivity index (χ3v) is 2.84. The van der Waals surface area contributed by atoms with Gasteiger partial charge in [-0.15, -0.1) is 24.8 Å². The molecule has 0 aromatic heterocycles. The fourth-order valence-electron chi connectivity index (χ4n) is 1.94. The van der Waals surface area contributed by atoms with Gasteiger partial charge in [-0.3, -0.25) is 0 Å². The van der Waals surface area contributed by atoms with Gasteiger partial charge in [0.2, 0.25) is 0 Å². The molecule has 16 heavy (non-hydrogen) atoms. The summed E-state index contributed by atoms with van der Waals surface area (Å²) in [5.74, 6) is 0. The molecule has 0 radical (unpaired) electrons. The highest BCUT2D eigenvalue weighted by molar-refractivity contribution is 5.85. The molecule has 6 N–H and O–H groups in total. The van der Waals surface area contributed by atoms with Gasteiger partial charge in [0.05, 0.1) is 18.2 Å². The third kappa shape index (κ3) is 3.18. The van der Waals surface area contributed by atoms with Crippen molar-refractivity contribution in [1.29, 1.82) is 0 Å². The molecule has 0 aliphatic heterocycles.